The number of hydrogen-bond acceptors (Lipinski definition) is 4. The lowest BCUT2D eigenvalue weighted by atomic mass is 10.3. The normalized spacial score (nSPS) is 11.7. The average molecular weight is 353 g/mol. The number of hydrogen-bond donors (Lipinski definition) is 0. The first-order chi connectivity index (χ1) is 13.3. The molecule has 128 valence electrons. The fourth-order valence-corrected chi connectivity index (χ4v) is 3.20. The molecule has 27 heavy (non-hydrogen) atoms. The van der Waals surface area contributed by atoms with Crippen LogP contribution in [0.2, 0.25) is 0 Å². The third kappa shape index (κ3) is 2.20. The molecule has 0 aliphatic heterocycles. The van der Waals surface area contributed by atoms with Crippen LogP contribution in [0.15, 0.2) is 79.8 Å². The van der Waals surface area contributed by atoms with Crippen molar-refractivity contribution in [2.24, 2.45) is 0 Å². The second kappa shape index (κ2) is 5.21. The van der Waals surface area contributed by atoms with Gasteiger partial charge in [-0.25, -0.2) is 18.9 Å². The molecule has 0 aliphatic rings. The van der Waals surface area contributed by atoms with Gasteiger partial charge in [-0.3, -0.25) is 0 Å². The third-order valence-electron chi connectivity index (χ3n) is 4.54. The Balaban J connectivity index is 1.46. The van der Waals surface area contributed by atoms with Gasteiger partial charge in [0.1, 0.15) is 11.3 Å². The van der Waals surface area contributed by atoms with E-state index in [0.717, 1.165) is 28.2 Å². The Kier molecular flexibility index (Phi) is 2.73. The van der Waals surface area contributed by atoms with Crippen molar-refractivity contribution in [2.45, 2.75) is 0 Å². The highest BCUT2D eigenvalue weighted by Crippen LogP contribution is 2.18. The Morgan fingerprint density at radius 3 is 2.89 bits per heavy atom. The molecule has 0 N–H and O–H groups in total. The van der Waals surface area contributed by atoms with Gasteiger partial charge < -0.3 is 4.40 Å². The van der Waals surface area contributed by atoms with Crippen molar-refractivity contribution in [3.05, 3.63) is 79.8 Å². The van der Waals surface area contributed by atoms with Gasteiger partial charge in [-0.2, -0.15) is 0 Å². The maximum Gasteiger partial charge on any atom is 0.306 e. The van der Waals surface area contributed by atoms with Gasteiger partial charge in [0.25, 0.3) is 0 Å². The van der Waals surface area contributed by atoms with Gasteiger partial charge in [-0.1, -0.05) is 10.7 Å². The minimum atomic E-state index is 0.669. The van der Waals surface area contributed by atoms with E-state index in [-0.39, 0.29) is 0 Å². The van der Waals surface area contributed by atoms with Crippen LogP contribution in [0.5, 0.6) is 0 Å². The topological polar surface area (TPSA) is 69.4 Å². The number of aromatic nitrogens is 8. The van der Waals surface area contributed by atoms with Crippen molar-refractivity contribution in [1.82, 2.24) is 33.8 Å². The zero-order chi connectivity index (χ0) is 17.8. The van der Waals surface area contributed by atoms with Crippen LogP contribution in [0.4, 0.5) is 0 Å². The Labute approximate surface area is 152 Å². The number of pyridine rings is 3. The molecule has 0 amide bonds. The van der Waals surface area contributed by atoms with Crippen molar-refractivity contribution < 1.29 is 4.40 Å². The quantitative estimate of drug-likeness (QED) is 0.446. The molecule has 6 heterocycles. The van der Waals surface area contributed by atoms with Crippen molar-refractivity contribution in [1.29, 1.82) is 0 Å². The van der Waals surface area contributed by atoms with E-state index in [1.165, 1.54) is 0 Å². The molecule has 8 nitrogen and oxygen atoms in total. The average Bonchev–Trinajstić information content (AvgIpc) is 3.42. The number of nitrogens with zero attached hydrogens (tertiary/aromatic N) is 8. The second-order valence-electron chi connectivity index (χ2n) is 6.26. The minimum absolute atomic E-state index is 0.669. The van der Waals surface area contributed by atoms with E-state index >= 15 is 0 Å². The van der Waals surface area contributed by atoms with Gasteiger partial charge in [0.2, 0.25) is 6.33 Å². The highest BCUT2D eigenvalue weighted by Gasteiger charge is 2.14. The molecule has 0 saturated heterocycles. The summed E-state index contributed by atoms with van der Waals surface area (Å²) in [5.41, 5.74) is 4.40. The molecule has 0 radical (unpaired) electrons. The molecule has 0 atom stereocenters. The summed E-state index contributed by atoms with van der Waals surface area (Å²) in [7, 11) is 0. The summed E-state index contributed by atoms with van der Waals surface area (Å²) in [5.74, 6) is 0.669. The molecule has 6 aromatic rings. The zero-order valence-electron chi connectivity index (χ0n) is 14.1. The van der Waals surface area contributed by atoms with Crippen LogP contribution in [-0.4, -0.2) is 33.8 Å². The van der Waals surface area contributed by atoms with Crippen LogP contribution in [0.3, 0.4) is 0 Å². The SMILES string of the molecule is c1cc[n+]2cn(-c3ccn4nc(-c5ccc6nccn6c5)nc4c3)nc2c1. The summed E-state index contributed by atoms with van der Waals surface area (Å²) in [6.07, 6.45) is 11.5. The van der Waals surface area contributed by atoms with E-state index in [1.807, 2.05) is 87.1 Å². The monoisotopic (exact) mass is 353 g/mol. The maximum absolute atomic E-state index is 4.68. The molecule has 0 aromatic carbocycles. The summed E-state index contributed by atoms with van der Waals surface area (Å²) in [4.78, 5) is 8.95. The summed E-state index contributed by atoms with van der Waals surface area (Å²) in [5, 5.41) is 9.18. The van der Waals surface area contributed by atoms with Gasteiger partial charge in [-0.05, 0) is 24.3 Å². The molecule has 0 saturated carbocycles. The molecular weight excluding hydrogens is 340 g/mol. The van der Waals surface area contributed by atoms with Gasteiger partial charge >= 0.3 is 5.65 Å². The fraction of sp³-hybridized carbons (Fsp3) is 0. The van der Waals surface area contributed by atoms with Gasteiger partial charge in [0, 0.05) is 42.5 Å². The standard InChI is InChI=1S/C19H13N8/c1-2-8-25-13-27(22-17(25)3-1)15-6-9-26-18(11-15)21-19(23-26)14-4-5-16-20-7-10-24(16)12-14/h1-13H/q+1. The van der Waals surface area contributed by atoms with E-state index in [4.69, 9.17) is 0 Å². The lowest BCUT2D eigenvalue weighted by molar-refractivity contribution is -0.512. The molecule has 0 spiro atoms. The van der Waals surface area contributed by atoms with Crippen LogP contribution in [-0.2, 0) is 0 Å². The van der Waals surface area contributed by atoms with Crippen LogP contribution in [0.25, 0.3) is 34.0 Å². The number of imidazole rings is 1. The lowest BCUT2D eigenvalue weighted by Crippen LogP contribution is -2.16. The minimum Gasteiger partial charge on any atom is -0.306 e. The van der Waals surface area contributed by atoms with E-state index in [1.54, 1.807) is 10.7 Å². The Morgan fingerprint density at radius 1 is 0.926 bits per heavy atom. The second-order valence-corrected chi connectivity index (χ2v) is 6.26. The van der Waals surface area contributed by atoms with Crippen LogP contribution >= 0.6 is 0 Å². The summed E-state index contributed by atoms with van der Waals surface area (Å²) < 4.78 is 7.54. The molecule has 6 aromatic heterocycles. The van der Waals surface area contributed by atoms with Crippen molar-refractivity contribution in [3.8, 4) is 17.1 Å². The number of rotatable bonds is 2. The predicted molar refractivity (Wildman–Crippen MR) is 97.5 cm³/mol. The first-order valence-corrected chi connectivity index (χ1v) is 8.49. The molecule has 6 rings (SSSR count). The van der Waals surface area contributed by atoms with E-state index in [0.29, 0.717) is 5.82 Å². The van der Waals surface area contributed by atoms with Gasteiger partial charge in [-0.15, -0.1) is 5.10 Å². The van der Waals surface area contributed by atoms with Crippen LogP contribution < -0.4 is 4.40 Å². The number of fused-ring (bicyclic) bond motifs is 3. The third-order valence-corrected chi connectivity index (χ3v) is 4.54. The Morgan fingerprint density at radius 2 is 1.93 bits per heavy atom. The summed E-state index contributed by atoms with van der Waals surface area (Å²) in [6, 6.07) is 13.8. The van der Waals surface area contributed by atoms with Crippen LogP contribution in [0, 0.1) is 0 Å². The van der Waals surface area contributed by atoms with Crippen LogP contribution in [0.1, 0.15) is 0 Å². The largest absolute Gasteiger partial charge is 0.306 e. The van der Waals surface area contributed by atoms with Crippen molar-refractivity contribution in [3.63, 3.8) is 0 Å². The Bertz CT molecular complexity index is 1410. The molecule has 0 bridgehead atoms. The van der Waals surface area contributed by atoms with Crippen molar-refractivity contribution in [2.75, 3.05) is 0 Å². The zero-order valence-corrected chi connectivity index (χ0v) is 14.1. The lowest BCUT2D eigenvalue weighted by Gasteiger charge is -1.96. The molecule has 0 aliphatic carbocycles. The van der Waals surface area contributed by atoms with Gasteiger partial charge in [0.15, 0.2) is 11.5 Å². The first-order valence-electron chi connectivity index (χ1n) is 8.49. The summed E-state index contributed by atoms with van der Waals surface area (Å²) >= 11 is 0. The van der Waals surface area contributed by atoms with Crippen molar-refractivity contribution >= 4 is 16.9 Å². The maximum atomic E-state index is 4.68. The summed E-state index contributed by atoms with van der Waals surface area (Å²) in [6.45, 7) is 0. The smallest absolute Gasteiger partial charge is 0.306 e. The molecule has 0 fully saturated rings. The first kappa shape index (κ1) is 14.1. The van der Waals surface area contributed by atoms with E-state index in [2.05, 4.69) is 20.2 Å². The molecule has 8 heteroatoms. The van der Waals surface area contributed by atoms with E-state index < -0.39 is 0 Å². The van der Waals surface area contributed by atoms with E-state index in [9.17, 15) is 0 Å². The predicted octanol–water partition coefficient (Wildman–Crippen LogP) is 1.97. The fourth-order valence-electron chi connectivity index (χ4n) is 3.20. The van der Waals surface area contributed by atoms with Gasteiger partial charge in [0.05, 0.1) is 11.3 Å². The highest BCUT2D eigenvalue weighted by molar-refractivity contribution is 5.61. The molecule has 0 unspecified atom stereocenters. The molecular formula is C19H13N8+. The Hall–Kier alpha value is -4.07. The highest BCUT2D eigenvalue weighted by atomic mass is 15.4.